The van der Waals surface area contributed by atoms with Crippen molar-refractivity contribution in [2.45, 2.75) is 25.1 Å². The second kappa shape index (κ2) is 12.8. The Morgan fingerprint density at radius 2 is 1.84 bits per heavy atom. The van der Waals surface area contributed by atoms with Crippen molar-refractivity contribution in [2.24, 2.45) is 0 Å². The van der Waals surface area contributed by atoms with Gasteiger partial charge in [0.25, 0.3) is 0 Å². The number of benzene rings is 2. The summed E-state index contributed by atoms with van der Waals surface area (Å²) in [5.41, 5.74) is 1.23. The first-order valence-electron chi connectivity index (χ1n) is 11.3. The lowest BCUT2D eigenvalue weighted by Gasteiger charge is -2.18. The number of methoxy groups -OCH3 is 2. The topological polar surface area (TPSA) is 144 Å². The quantitative estimate of drug-likeness (QED) is 0.302. The van der Waals surface area contributed by atoms with Crippen LogP contribution in [-0.4, -0.2) is 55.4 Å². The molecule has 0 aliphatic heterocycles. The molecule has 1 aromatic heterocycles. The number of carbonyl (C=O) groups excluding carboxylic acids is 2. The summed E-state index contributed by atoms with van der Waals surface area (Å²) < 4.78 is 16.1. The summed E-state index contributed by atoms with van der Waals surface area (Å²) in [7, 11) is 2.95. The van der Waals surface area contributed by atoms with E-state index in [1.54, 1.807) is 19.1 Å². The molecular weight excluding hydrogens is 500 g/mol. The van der Waals surface area contributed by atoms with Crippen LogP contribution in [0.25, 0.3) is 11.0 Å². The van der Waals surface area contributed by atoms with Gasteiger partial charge in [0.05, 0.1) is 31.6 Å². The Hall–Kier alpha value is -3.99. The first-order chi connectivity index (χ1) is 17.7. The molecule has 0 radical (unpaired) electrons. The summed E-state index contributed by atoms with van der Waals surface area (Å²) in [6.45, 7) is 1.11. The van der Waals surface area contributed by atoms with E-state index < -0.39 is 36.0 Å². The number of fused-ring (bicyclic) bond motifs is 1. The van der Waals surface area contributed by atoms with Crippen LogP contribution in [0.5, 0.6) is 11.5 Å². The number of ether oxygens (including phenoxy) is 2. The highest BCUT2D eigenvalue weighted by atomic mass is 32.2. The third-order valence-electron chi connectivity index (χ3n) is 5.57. The minimum atomic E-state index is -1.20. The van der Waals surface area contributed by atoms with Gasteiger partial charge in [0.15, 0.2) is 0 Å². The van der Waals surface area contributed by atoms with Crippen LogP contribution in [0.4, 0.5) is 0 Å². The number of nitrogens with one attached hydrogen (secondary N) is 2. The summed E-state index contributed by atoms with van der Waals surface area (Å²) in [4.78, 5) is 49.2. The van der Waals surface area contributed by atoms with Crippen LogP contribution >= 0.6 is 11.8 Å². The molecule has 2 amide bonds. The van der Waals surface area contributed by atoms with Gasteiger partial charge in [-0.05, 0) is 18.1 Å². The smallest absolute Gasteiger partial charge is 0.340 e. The molecule has 0 bridgehead atoms. The van der Waals surface area contributed by atoms with Gasteiger partial charge in [-0.3, -0.25) is 14.4 Å². The lowest BCUT2D eigenvalue weighted by atomic mass is 10.0. The Morgan fingerprint density at radius 3 is 2.49 bits per heavy atom. The lowest BCUT2D eigenvalue weighted by Crippen LogP contribution is -2.50. The lowest BCUT2D eigenvalue weighted by molar-refractivity contribution is -0.138. The number of amides is 2. The Balaban J connectivity index is 1.79. The van der Waals surface area contributed by atoms with E-state index in [9.17, 15) is 19.2 Å². The fourth-order valence-corrected chi connectivity index (χ4v) is 4.72. The average molecular weight is 529 g/mol. The third-order valence-corrected chi connectivity index (χ3v) is 6.68. The number of thioether (sulfide) groups is 1. The zero-order chi connectivity index (χ0) is 26.9. The molecule has 0 saturated heterocycles. The Morgan fingerprint density at radius 1 is 1.11 bits per heavy atom. The van der Waals surface area contributed by atoms with E-state index in [4.69, 9.17) is 19.0 Å². The van der Waals surface area contributed by atoms with E-state index >= 15 is 0 Å². The Kier molecular flexibility index (Phi) is 9.56. The molecule has 0 unspecified atom stereocenters. The maximum absolute atomic E-state index is 12.9. The fourth-order valence-electron chi connectivity index (χ4n) is 3.71. The highest BCUT2D eigenvalue weighted by molar-refractivity contribution is 7.98. The summed E-state index contributed by atoms with van der Waals surface area (Å²) in [5.74, 6) is -0.766. The molecule has 3 rings (SSSR count). The first kappa shape index (κ1) is 27.6. The Bertz CT molecular complexity index is 1340. The van der Waals surface area contributed by atoms with E-state index in [0.717, 1.165) is 5.56 Å². The normalized spacial score (nSPS) is 11.5. The molecule has 3 N–H and O–H groups in total. The van der Waals surface area contributed by atoms with Gasteiger partial charge >= 0.3 is 11.6 Å². The van der Waals surface area contributed by atoms with Crippen molar-refractivity contribution in [3.8, 4) is 11.5 Å². The standard InChI is InChI=1S/C26H28N2O8S/c1-15-18(26(33)36-21-10-17(34-2)9-20(35-3)24(15)21)11-22(29)28-19(25(32)27-12-23(30)31)14-37-13-16-7-5-4-6-8-16/h4-10,19H,11-14H2,1-3H3,(H,27,32)(H,28,29)(H,30,31)/t19-/m1/s1. The predicted molar refractivity (Wildman–Crippen MR) is 139 cm³/mol. The van der Waals surface area contributed by atoms with Gasteiger partial charge < -0.3 is 29.6 Å². The van der Waals surface area contributed by atoms with Gasteiger partial charge in [-0.25, -0.2) is 4.79 Å². The van der Waals surface area contributed by atoms with Gasteiger partial charge in [0.2, 0.25) is 11.8 Å². The zero-order valence-corrected chi connectivity index (χ0v) is 21.5. The zero-order valence-electron chi connectivity index (χ0n) is 20.7. The van der Waals surface area contributed by atoms with Crippen LogP contribution in [0.1, 0.15) is 16.7 Å². The van der Waals surface area contributed by atoms with Gasteiger partial charge in [0, 0.05) is 23.6 Å². The molecular formula is C26H28N2O8S. The van der Waals surface area contributed by atoms with Crippen molar-refractivity contribution in [3.63, 3.8) is 0 Å². The highest BCUT2D eigenvalue weighted by Crippen LogP contribution is 2.33. The molecule has 0 aliphatic carbocycles. The van der Waals surface area contributed by atoms with Crippen molar-refractivity contribution in [2.75, 3.05) is 26.5 Å². The number of carboxylic acids is 1. The highest BCUT2D eigenvalue weighted by Gasteiger charge is 2.24. The maximum Gasteiger partial charge on any atom is 0.340 e. The second-order valence-electron chi connectivity index (χ2n) is 8.11. The SMILES string of the molecule is COc1cc(OC)c2c(C)c(CC(=O)N[C@H](CSCc3ccccc3)C(=O)NCC(=O)O)c(=O)oc2c1. The van der Waals surface area contributed by atoms with Crippen molar-refractivity contribution in [3.05, 3.63) is 69.6 Å². The first-order valence-corrected chi connectivity index (χ1v) is 12.5. The molecule has 11 heteroatoms. The van der Waals surface area contributed by atoms with Crippen molar-refractivity contribution in [1.82, 2.24) is 10.6 Å². The van der Waals surface area contributed by atoms with Crippen molar-refractivity contribution in [1.29, 1.82) is 0 Å². The van der Waals surface area contributed by atoms with Crippen LogP contribution in [0.2, 0.25) is 0 Å². The second-order valence-corrected chi connectivity index (χ2v) is 9.14. The number of aliphatic carboxylic acids is 1. The van der Waals surface area contributed by atoms with E-state index in [2.05, 4.69) is 10.6 Å². The summed E-state index contributed by atoms with van der Waals surface area (Å²) in [6, 6.07) is 11.8. The third kappa shape index (κ3) is 7.26. The number of carbonyl (C=O) groups is 3. The molecule has 0 saturated carbocycles. The van der Waals surface area contributed by atoms with Crippen LogP contribution in [0.3, 0.4) is 0 Å². The molecule has 2 aromatic carbocycles. The summed E-state index contributed by atoms with van der Waals surface area (Å²) in [6.07, 6.45) is -0.342. The molecule has 196 valence electrons. The monoisotopic (exact) mass is 528 g/mol. The van der Waals surface area contributed by atoms with Crippen LogP contribution in [0, 0.1) is 6.92 Å². The van der Waals surface area contributed by atoms with Crippen LogP contribution in [-0.2, 0) is 26.6 Å². The van der Waals surface area contributed by atoms with E-state index in [-0.39, 0.29) is 23.3 Å². The molecule has 3 aromatic rings. The molecule has 0 aliphatic rings. The van der Waals surface area contributed by atoms with Crippen LogP contribution < -0.4 is 25.7 Å². The molecule has 1 heterocycles. The van der Waals surface area contributed by atoms with E-state index in [1.807, 2.05) is 30.3 Å². The van der Waals surface area contributed by atoms with Gasteiger partial charge in [-0.2, -0.15) is 11.8 Å². The summed E-state index contributed by atoms with van der Waals surface area (Å²) in [5, 5.41) is 14.4. The number of carboxylic acid groups (broad SMARTS) is 1. The maximum atomic E-state index is 12.9. The van der Waals surface area contributed by atoms with Gasteiger partial charge in [0.1, 0.15) is 29.7 Å². The molecule has 0 spiro atoms. The number of aryl methyl sites for hydroxylation is 1. The number of rotatable bonds is 12. The number of hydrogen-bond acceptors (Lipinski definition) is 8. The van der Waals surface area contributed by atoms with E-state index in [1.165, 1.54) is 26.0 Å². The fraction of sp³-hybridized carbons (Fsp3) is 0.308. The summed E-state index contributed by atoms with van der Waals surface area (Å²) >= 11 is 1.41. The molecule has 1 atom stereocenters. The van der Waals surface area contributed by atoms with E-state index in [0.29, 0.717) is 28.2 Å². The minimum Gasteiger partial charge on any atom is -0.496 e. The van der Waals surface area contributed by atoms with Gasteiger partial charge in [-0.1, -0.05) is 30.3 Å². The molecule has 0 fully saturated rings. The molecule has 37 heavy (non-hydrogen) atoms. The average Bonchev–Trinajstić information content (AvgIpc) is 2.88. The van der Waals surface area contributed by atoms with Crippen LogP contribution in [0.15, 0.2) is 51.7 Å². The minimum absolute atomic E-state index is 0.120. The number of hydrogen-bond donors (Lipinski definition) is 3. The van der Waals surface area contributed by atoms with Crippen molar-refractivity contribution < 1.29 is 33.4 Å². The van der Waals surface area contributed by atoms with Crippen molar-refractivity contribution >= 4 is 40.5 Å². The molecule has 10 nitrogen and oxygen atoms in total. The predicted octanol–water partition coefficient (Wildman–Crippen LogP) is 2.28. The largest absolute Gasteiger partial charge is 0.496 e. The Labute approximate surface area is 217 Å². The van der Waals surface area contributed by atoms with Gasteiger partial charge in [-0.15, -0.1) is 0 Å².